The summed E-state index contributed by atoms with van der Waals surface area (Å²) >= 11 is 0. The summed E-state index contributed by atoms with van der Waals surface area (Å²) < 4.78 is 244. The number of aromatic hydroxyl groups is 1. The lowest BCUT2D eigenvalue weighted by Gasteiger charge is -2.58. The summed E-state index contributed by atoms with van der Waals surface area (Å²) in [4.78, 5) is 14.9. The first-order valence-corrected chi connectivity index (χ1v) is 50.2. The number of aryl methyl sites for hydroxylation is 1. The summed E-state index contributed by atoms with van der Waals surface area (Å²) in [6.45, 7) is 20.8. The zero-order valence-corrected chi connectivity index (χ0v) is 80.1. The molecule has 134 heavy (non-hydrogen) atoms. The van der Waals surface area contributed by atoms with Crippen molar-refractivity contribution >= 4 is 48.0 Å². The van der Waals surface area contributed by atoms with Crippen LogP contribution in [-0.4, -0.2) is 69.2 Å². The SMILES string of the molecule is CCC(C)(C)C(=O)OC(OC)C12CC3CC(CC(C3)C1)C2.CCC(C)c1ccc(O)cc1.CCC(C)c1ccc(OC2CCCC(Oc3c(F)c(F)c(S(=O)(=O)[O-])c(F)c3F)C2)cc1.CCC(C)c1ccc(OCCCc2c(F)c(F)c(S(=O)(=O)[O-])c(F)c2F)cc1.Cc1ccc([S+](c2ccccc2)c2ccccc2)cc1.Fc1ccc([S+](c2ccc(F)cc2)c2ccc(F)cc2)cc1. The number of methoxy groups -OCH3 is 1. The number of carbonyl (C=O) groups excluding carboxylic acids is 1. The van der Waals surface area contributed by atoms with Crippen LogP contribution >= 0.6 is 0 Å². The van der Waals surface area contributed by atoms with E-state index in [-0.39, 0.29) is 71.6 Å². The van der Waals surface area contributed by atoms with Crippen LogP contribution in [-0.2, 0) is 62.7 Å². The molecular weight excluding hydrogens is 1820 g/mol. The van der Waals surface area contributed by atoms with E-state index in [0.717, 1.165) is 63.7 Å². The number of hydrogen-bond acceptors (Lipinski definition) is 13. The van der Waals surface area contributed by atoms with E-state index in [4.69, 9.17) is 28.8 Å². The van der Waals surface area contributed by atoms with Gasteiger partial charge in [0.15, 0.2) is 70.0 Å². The number of hydrogen-bond donors (Lipinski definition) is 1. The monoisotopic (exact) mass is 1930 g/mol. The van der Waals surface area contributed by atoms with Crippen LogP contribution in [0.1, 0.15) is 204 Å². The number of esters is 1. The third-order valence-electron chi connectivity index (χ3n) is 25.0. The summed E-state index contributed by atoms with van der Waals surface area (Å²) in [7, 11) is -10.3. The Bertz CT molecular complexity index is 5620. The van der Waals surface area contributed by atoms with E-state index in [0.29, 0.717) is 54.3 Å². The highest BCUT2D eigenvalue weighted by Gasteiger charge is 2.56. The molecule has 5 aliphatic carbocycles. The molecule has 13 nitrogen and oxygen atoms in total. The molecule has 4 bridgehead atoms. The van der Waals surface area contributed by atoms with Crippen molar-refractivity contribution in [2.24, 2.45) is 28.6 Å². The highest BCUT2D eigenvalue weighted by molar-refractivity contribution is 7.97. The molecule has 5 saturated carbocycles. The van der Waals surface area contributed by atoms with E-state index in [2.05, 4.69) is 133 Å². The van der Waals surface area contributed by atoms with Crippen LogP contribution in [0.5, 0.6) is 23.0 Å². The van der Waals surface area contributed by atoms with Crippen molar-refractivity contribution in [2.45, 2.75) is 247 Å². The van der Waals surface area contributed by atoms with Crippen molar-refractivity contribution in [3.05, 3.63) is 322 Å². The highest BCUT2D eigenvalue weighted by Crippen LogP contribution is 2.62. The Labute approximate surface area is 785 Å². The van der Waals surface area contributed by atoms with Gasteiger partial charge in [-0.3, -0.25) is 4.79 Å². The van der Waals surface area contributed by atoms with Gasteiger partial charge in [-0.15, -0.1) is 0 Å². The second-order valence-electron chi connectivity index (χ2n) is 35.0. The van der Waals surface area contributed by atoms with E-state index < -0.39 is 117 Å². The molecule has 1 N–H and O–H groups in total. The Balaban J connectivity index is 0.000000170. The van der Waals surface area contributed by atoms with Gasteiger partial charge in [-0.1, -0.05) is 139 Å². The Morgan fingerprint density at radius 3 is 1.16 bits per heavy atom. The van der Waals surface area contributed by atoms with E-state index in [9.17, 15) is 79.0 Å². The smallest absolute Gasteiger partial charge is 0.313 e. The van der Waals surface area contributed by atoms with Gasteiger partial charge in [0.1, 0.15) is 76.9 Å². The third kappa shape index (κ3) is 28.3. The van der Waals surface area contributed by atoms with Crippen LogP contribution in [0.25, 0.3) is 0 Å². The van der Waals surface area contributed by atoms with Crippen LogP contribution in [0, 0.1) is 99.5 Å². The molecular formula is C106H115F11O13S4. The van der Waals surface area contributed by atoms with Gasteiger partial charge in [0.25, 0.3) is 0 Å². The standard InChI is InChI=1S/C22H24F4O5S.C19H20F4O4S.C19H17S.C18H12F3S.C18H30O3.C10H14O/c1-3-12(2)13-7-9-14(10-8-13)30-15-5-4-6-16(11-15)31-21-17(23)19(25)22(32(27,28)29)20(26)18(21)24;1-3-11(2)12-6-8-13(9-7-12)27-10-4-5-14-15(20)17(22)19(28(24,25)26)18(23)16(14)21;1-16-12-14-19(15-13-16)20(17-8-4-2-5-9-17)18-10-6-3-7-11-18;19-13-1-7-16(8-2-13)22(17-9-3-14(20)4-10-17)18-11-5-15(21)6-12-18;1-5-17(2,3)15(19)21-16(20-4)18-9-12-6-13(10-18)8-14(7-12)11-18;1-3-8(2)9-4-6-10(11)7-5-9/h7-10,12,15-16H,3-6,11H2,1-2H3,(H,27,28,29);6-9,11H,3-5,10H2,1-2H3,(H,24,25,26);2-15H,1H3;1-12H;12-14,16H,5-11H2,1-4H3;4-8,11H,3H2,1-2H3/q;;2*+1;;/p-2. The second-order valence-corrected chi connectivity index (χ2v) is 41.7. The molecule has 0 heterocycles. The van der Waals surface area contributed by atoms with Gasteiger partial charge in [-0.25, -0.2) is 56.3 Å². The van der Waals surface area contributed by atoms with Crippen LogP contribution in [0.2, 0.25) is 0 Å². The number of carbonyl (C=O) groups is 1. The van der Waals surface area contributed by atoms with Crippen LogP contribution in [0.4, 0.5) is 48.3 Å². The van der Waals surface area contributed by atoms with Crippen LogP contribution in [0.15, 0.2) is 270 Å². The molecule has 0 spiro atoms. The number of rotatable bonds is 28. The fourth-order valence-electron chi connectivity index (χ4n) is 17.0. The van der Waals surface area contributed by atoms with Gasteiger partial charge in [-0.2, -0.15) is 8.78 Å². The molecule has 11 aromatic carbocycles. The van der Waals surface area contributed by atoms with Crippen molar-refractivity contribution in [1.82, 2.24) is 0 Å². The van der Waals surface area contributed by atoms with Gasteiger partial charge < -0.3 is 37.9 Å². The normalized spacial score (nSPS) is 18.1. The largest absolute Gasteiger partial charge is 0.744 e. The zero-order chi connectivity index (χ0) is 97.5. The van der Waals surface area contributed by atoms with Crippen molar-refractivity contribution < 1.29 is 108 Å². The average Bonchev–Trinajstić information content (AvgIpc) is 0.736. The molecule has 0 radical (unpaired) electrons. The molecule has 718 valence electrons. The van der Waals surface area contributed by atoms with Gasteiger partial charge in [0, 0.05) is 24.5 Å². The lowest BCUT2D eigenvalue weighted by Crippen LogP contribution is -2.54. The molecule has 6 atom stereocenters. The van der Waals surface area contributed by atoms with Crippen molar-refractivity contribution in [3.63, 3.8) is 0 Å². The first-order chi connectivity index (χ1) is 63.7. The Kier molecular flexibility index (Phi) is 38.3. The van der Waals surface area contributed by atoms with E-state index in [1.807, 2.05) is 69.3 Å². The lowest BCUT2D eigenvalue weighted by atomic mass is 9.49. The van der Waals surface area contributed by atoms with Gasteiger partial charge in [0.05, 0.1) is 33.8 Å². The third-order valence-corrected chi connectivity index (χ3v) is 31.2. The number of phenols is 1. The molecule has 16 rings (SSSR count). The predicted molar refractivity (Wildman–Crippen MR) is 496 cm³/mol. The highest BCUT2D eigenvalue weighted by atomic mass is 32.2. The average molecular weight is 1930 g/mol. The summed E-state index contributed by atoms with van der Waals surface area (Å²) in [5.41, 5.74) is 3.62. The van der Waals surface area contributed by atoms with Crippen LogP contribution < -0.4 is 14.2 Å². The first-order valence-electron chi connectivity index (χ1n) is 44.9. The second kappa shape index (κ2) is 48.5. The maximum Gasteiger partial charge on any atom is 0.313 e. The minimum atomic E-state index is -5.77. The van der Waals surface area contributed by atoms with E-state index in [1.165, 1.54) is 106 Å². The summed E-state index contributed by atoms with van der Waals surface area (Å²) in [5, 5.41) is 9.01. The zero-order valence-electron chi connectivity index (χ0n) is 76.8. The molecule has 0 aromatic heterocycles. The first kappa shape index (κ1) is 106. The number of phenolic OH excluding ortho intramolecular Hbond substituents is 1. The minimum absolute atomic E-state index is 0.00328. The van der Waals surface area contributed by atoms with Crippen molar-refractivity contribution in [3.8, 4) is 23.0 Å². The van der Waals surface area contributed by atoms with Crippen molar-refractivity contribution in [2.75, 3.05) is 13.7 Å². The fourth-order valence-corrected chi connectivity index (χ4v) is 22.4. The molecule has 28 heteroatoms. The number of halogens is 11. The summed E-state index contributed by atoms with van der Waals surface area (Å²) in [5.74, 6) is -14.0. The van der Waals surface area contributed by atoms with E-state index >= 15 is 0 Å². The maximum absolute atomic E-state index is 14.2. The minimum Gasteiger partial charge on any atom is -0.744 e. The summed E-state index contributed by atoms with van der Waals surface area (Å²) in [6.07, 6.45) is 11.5. The van der Waals surface area contributed by atoms with Gasteiger partial charge >= 0.3 is 5.97 Å². The van der Waals surface area contributed by atoms with Crippen molar-refractivity contribution in [1.29, 1.82) is 0 Å². The molecule has 6 unspecified atom stereocenters. The Morgan fingerprint density at radius 2 is 0.799 bits per heavy atom. The van der Waals surface area contributed by atoms with Gasteiger partial charge in [-0.05, 0) is 315 Å². The molecule has 5 aliphatic rings. The Hall–Kier alpha value is -10.2. The fraction of sp³-hybridized carbons (Fsp3) is 0.368. The number of benzene rings is 11. The molecule has 0 aliphatic heterocycles. The Morgan fingerprint density at radius 1 is 0.455 bits per heavy atom. The molecule has 0 amide bonds. The quantitative estimate of drug-likeness (QED) is 0.00925. The predicted octanol–water partition coefficient (Wildman–Crippen LogP) is 27.5. The summed E-state index contributed by atoms with van der Waals surface area (Å²) in [6, 6.07) is 71.2. The number of ether oxygens (including phenoxy) is 5. The lowest BCUT2D eigenvalue weighted by molar-refractivity contribution is -0.241. The maximum atomic E-state index is 14.2. The molecule has 5 fully saturated rings. The molecule has 11 aromatic rings. The molecule has 0 saturated heterocycles. The van der Waals surface area contributed by atoms with Gasteiger partial charge in [0.2, 0.25) is 17.9 Å². The van der Waals surface area contributed by atoms with Crippen LogP contribution in [0.3, 0.4) is 0 Å². The van der Waals surface area contributed by atoms with E-state index in [1.54, 1.807) is 67.8 Å². The topological polar surface area (TPSA) is 198 Å².